The van der Waals surface area contributed by atoms with E-state index in [4.69, 9.17) is 14.2 Å². The van der Waals surface area contributed by atoms with Crippen molar-refractivity contribution in [1.82, 2.24) is 0 Å². The molecule has 3 rings (SSSR count). The van der Waals surface area contributed by atoms with Crippen LogP contribution in [0.25, 0.3) is 0 Å². The van der Waals surface area contributed by atoms with Crippen LogP contribution in [-0.4, -0.2) is 20.3 Å². The minimum atomic E-state index is 0.494. The maximum atomic E-state index is 5.90. The van der Waals surface area contributed by atoms with E-state index in [1.165, 1.54) is 0 Å². The summed E-state index contributed by atoms with van der Waals surface area (Å²) in [5.41, 5.74) is 2.14. The molecule has 0 spiro atoms. The Kier molecular flexibility index (Phi) is 6.37. The Hall–Kier alpha value is -3.14. The van der Waals surface area contributed by atoms with E-state index in [-0.39, 0.29) is 0 Å². The van der Waals surface area contributed by atoms with Crippen LogP contribution in [0.2, 0.25) is 0 Å². The van der Waals surface area contributed by atoms with E-state index in [2.05, 4.69) is 11.4 Å². The summed E-state index contributed by atoms with van der Waals surface area (Å²) < 4.78 is 16.7. The van der Waals surface area contributed by atoms with Gasteiger partial charge in [-0.1, -0.05) is 36.4 Å². The van der Waals surface area contributed by atoms with E-state index in [9.17, 15) is 0 Å². The number of hydrogen-bond acceptors (Lipinski definition) is 4. The van der Waals surface area contributed by atoms with Crippen LogP contribution >= 0.6 is 0 Å². The van der Waals surface area contributed by atoms with Crippen LogP contribution in [-0.2, 0) is 6.54 Å². The molecule has 134 valence electrons. The number of para-hydroxylation sites is 2. The van der Waals surface area contributed by atoms with Gasteiger partial charge in [-0.2, -0.15) is 0 Å². The van der Waals surface area contributed by atoms with Crippen molar-refractivity contribution >= 4 is 5.69 Å². The predicted molar refractivity (Wildman–Crippen MR) is 104 cm³/mol. The zero-order valence-corrected chi connectivity index (χ0v) is 14.9. The molecule has 1 N–H and O–H groups in total. The molecule has 0 heterocycles. The smallest absolute Gasteiger partial charge is 0.124 e. The topological polar surface area (TPSA) is 39.7 Å². The fourth-order valence-electron chi connectivity index (χ4n) is 2.52. The molecule has 0 aliphatic heterocycles. The molecule has 0 unspecified atom stereocenters. The predicted octanol–water partition coefficient (Wildman–Crippen LogP) is 4.77. The van der Waals surface area contributed by atoms with Gasteiger partial charge in [-0.05, 0) is 42.5 Å². The summed E-state index contributed by atoms with van der Waals surface area (Å²) in [6.07, 6.45) is 0. The van der Waals surface area contributed by atoms with Crippen molar-refractivity contribution in [3.63, 3.8) is 0 Å². The Morgan fingerprint density at radius 2 is 1.38 bits per heavy atom. The Bertz CT molecular complexity index is 788. The van der Waals surface area contributed by atoms with Crippen LogP contribution < -0.4 is 19.5 Å². The zero-order chi connectivity index (χ0) is 18.0. The largest absolute Gasteiger partial charge is 0.497 e. The molecule has 0 aliphatic rings. The molecule has 26 heavy (non-hydrogen) atoms. The van der Waals surface area contributed by atoms with E-state index >= 15 is 0 Å². The number of ether oxygens (including phenoxy) is 3. The van der Waals surface area contributed by atoms with Gasteiger partial charge in [0.1, 0.15) is 30.5 Å². The molecular weight excluding hydrogens is 326 g/mol. The van der Waals surface area contributed by atoms with Gasteiger partial charge < -0.3 is 19.5 Å². The molecule has 0 fully saturated rings. The Balaban J connectivity index is 1.50. The van der Waals surface area contributed by atoms with Crippen molar-refractivity contribution < 1.29 is 14.2 Å². The third-order valence-corrected chi connectivity index (χ3v) is 3.90. The van der Waals surface area contributed by atoms with Crippen molar-refractivity contribution in [3.05, 3.63) is 84.4 Å². The second-order valence-corrected chi connectivity index (χ2v) is 5.70. The van der Waals surface area contributed by atoms with Gasteiger partial charge in [0.25, 0.3) is 0 Å². The molecule has 4 heteroatoms. The Labute approximate surface area is 154 Å². The highest BCUT2D eigenvalue weighted by atomic mass is 16.5. The number of hydrogen-bond donors (Lipinski definition) is 1. The molecular formula is C22H23NO3. The average Bonchev–Trinajstić information content (AvgIpc) is 2.71. The van der Waals surface area contributed by atoms with Crippen molar-refractivity contribution in [2.45, 2.75) is 6.54 Å². The van der Waals surface area contributed by atoms with E-state index in [0.29, 0.717) is 19.8 Å². The monoisotopic (exact) mass is 349 g/mol. The molecule has 0 bridgehead atoms. The maximum Gasteiger partial charge on any atom is 0.124 e. The molecule has 0 saturated carbocycles. The highest BCUT2D eigenvalue weighted by molar-refractivity contribution is 5.47. The first kappa shape index (κ1) is 17.7. The van der Waals surface area contributed by atoms with Crippen LogP contribution in [0.1, 0.15) is 5.56 Å². The van der Waals surface area contributed by atoms with Crippen LogP contribution in [0, 0.1) is 0 Å². The molecule has 3 aromatic rings. The summed E-state index contributed by atoms with van der Waals surface area (Å²) in [6.45, 7) is 1.68. The van der Waals surface area contributed by atoms with Gasteiger partial charge in [0.2, 0.25) is 0 Å². The lowest BCUT2D eigenvalue weighted by Crippen LogP contribution is -2.10. The number of methoxy groups -OCH3 is 1. The second-order valence-electron chi connectivity index (χ2n) is 5.70. The lowest BCUT2D eigenvalue weighted by molar-refractivity contribution is 0.216. The molecule has 0 atom stereocenters. The second kappa shape index (κ2) is 9.37. The highest BCUT2D eigenvalue weighted by Gasteiger charge is 2.03. The Morgan fingerprint density at radius 3 is 2.15 bits per heavy atom. The maximum absolute atomic E-state index is 5.90. The summed E-state index contributed by atoms with van der Waals surface area (Å²) in [6, 6.07) is 25.6. The summed E-state index contributed by atoms with van der Waals surface area (Å²) in [4.78, 5) is 0. The van der Waals surface area contributed by atoms with Crippen LogP contribution in [0.4, 0.5) is 5.69 Å². The molecule has 0 saturated heterocycles. The molecule has 0 amide bonds. The van der Waals surface area contributed by atoms with E-state index < -0.39 is 0 Å². The number of rotatable bonds is 9. The number of benzene rings is 3. The van der Waals surface area contributed by atoms with Gasteiger partial charge in [-0.25, -0.2) is 0 Å². The molecule has 3 aromatic carbocycles. The summed E-state index contributed by atoms with van der Waals surface area (Å²) in [5.74, 6) is 2.56. The van der Waals surface area contributed by atoms with Crippen molar-refractivity contribution in [2.75, 3.05) is 25.6 Å². The standard InChI is InChI=1S/C22H23NO3/c1-24-20-13-11-19(12-14-20)23-17-18-7-5-6-10-22(18)26-16-15-25-21-8-3-2-4-9-21/h2-14,23H,15-17H2,1H3. The van der Waals surface area contributed by atoms with E-state index in [1.807, 2.05) is 72.8 Å². The quantitative estimate of drug-likeness (QED) is 0.565. The first-order valence-corrected chi connectivity index (χ1v) is 8.61. The summed E-state index contributed by atoms with van der Waals surface area (Å²) >= 11 is 0. The molecule has 4 nitrogen and oxygen atoms in total. The van der Waals surface area contributed by atoms with Gasteiger partial charge in [-0.15, -0.1) is 0 Å². The fourth-order valence-corrected chi connectivity index (χ4v) is 2.52. The van der Waals surface area contributed by atoms with E-state index in [1.54, 1.807) is 7.11 Å². The average molecular weight is 349 g/mol. The first-order chi connectivity index (χ1) is 12.8. The van der Waals surface area contributed by atoms with Gasteiger partial charge in [0, 0.05) is 17.8 Å². The zero-order valence-electron chi connectivity index (χ0n) is 14.9. The summed E-state index contributed by atoms with van der Waals surface area (Å²) in [5, 5.41) is 3.40. The summed E-state index contributed by atoms with van der Waals surface area (Å²) in [7, 11) is 1.66. The molecule has 0 aromatic heterocycles. The van der Waals surface area contributed by atoms with Crippen LogP contribution in [0.3, 0.4) is 0 Å². The number of nitrogens with one attached hydrogen (secondary N) is 1. The van der Waals surface area contributed by atoms with Crippen LogP contribution in [0.5, 0.6) is 17.2 Å². The van der Waals surface area contributed by atoms with Gasteiger partial charge in [-0.3, -0.25) is 0 Å². The third-order valence-electron chi connectivity index (χ3n) is 3.90. The lowest BCUT2D eigenvalue weighted by atomic mass is 10.2. The van der Waals surface area contributed by atoms with Crippen molar-refractivity contribution in [1.29, 1.82) is 0 Å². The first-order valence-electron chi connectivity index (χ1n) is 8.61. The highest BCUT2D eigenvalue weighted by Crippen LogP contribution is 2.21. The Morgan fingerprint density at radius 1 is 0.692 bits per heavy atom. The van der Waals surface area contributed by atoms with Crippen LogP contribution in [0.15, 0.2) is 78.9 Å². The van der Waals surface area contributed by atoms with Gasteiger partial charge in [0.05, 0.1) is 7.11 Å². The van der Waals surface area contributed by atoms with Gasteiger partial charge in [0.15, 0.2) is 0 Å². The minimum Gasteiger partial charge on any atom is -0.497 e. The third kappa shape index (κ3) is 5.18. The van der Waals surface area contributed by atoms with Crippen molar-refractivity contribution in [3.8, 4) is 17.2 Å². The van der Waals surface area contributed by atoms with E-state index in [0.717, 1.165) is 28.5 Å². The van der Waals surface area contributed by atoms with Gasteiger partial charge >= 0.3 is 0 Å². The molecule has 0 aliphatic carbocycles. The lowest BCUT2D eigenvalue weighted by Gasteiger charge is -2.13. The fraction of sp³-hybridized carbons (Fsp3) is 0.182. The number of anilines is 1. The SMILES string of the molecule is COc1ccc(NCc2ccccc2OCCOc2ccccc2)cc1. The normalized spacial score (nSPS) is 10.2. The minimum absolute atomic E-state index is 0.494. The molecule has 0 radical (unpaired) electrons. The van der Waals surface area contributed by atoms with Crippen molar-refractivity contribution in [2.24, 2.45) is 0 Å².